The minimum absolute atomic E-state index is 0.372. The molecule has 0 saturated heterocycles. The Morgan fingerprint density at radius 1 is 0.725 bits per heavy atom. The number of non-ortho nitro benzene ring substituents is 1. The van der Waals surface area contributed by atoms with Crippen LogP contribution in [-0.4, -0.2) is 82.4 Å². The number of anilines is 2. The molecule has 0 aromatic heterocycles. The van der Waals surface area contributed by atoms with Gasteiger partial charge in [0.1, 0.15) is 9.79 Å². The number of hydrogen-bond donors (Lipinski definition) is 5. The summed E-state index contributed by atoms with van der Waals surface area (Å²) in [7, 11) is -13.8. The number of amides is 2. The number of aromatic carboxylic acids is 1. The number of nitro groups is 1. The number of fused-ring (bicyclic) bond motifs is 1. The van der Waals surface area contributed by atoms with Gasteiger partial charge in [0.05, 0.1) is 40.9 Å². The number of benzene rings is 4. The molecule has 23 heteroatoms. The van der Waals surface area contributed by atoms with Crippen LogP contribution in [0.5, 0.6) is 0 Å². The Morgan fingerprint density at radius 2 is 1.29 bits per heavy atom. The zero-order valence-electron chi connectivity index (χ0n) is 25.5. The van der Waals surface area contributed by atoms with Gasteiger partial charge in [0.15, 0.2) is 0 Å². The van der Waals surface area contributed by atoms with Crippen molar-refractivity contribution in [2.45, 2.75) is 14.7 Å². The summed E-state index contributed by atoms with van der Waals surface area (Å²) in [5, 5.41) is 24.0. The first-order valence-corrected chi connectivity index (χ1v) is 17.6. The lowest BCUT2D eigenvalue weighted by Gasteiger charge is -2.16. The first kappa shape index (κ1) is 38.0. The highest BCUT2D eigenvalue weighted by Crippen LogP contribution is 2.38. The van der Waals surface area contributed by atoms with Crippen molar-refractivity contribution in [3.8, 4) is 0 Å². The summed E-state index contributed by atoms with van der Waals surface area (Å²) in [5.41, 5.74) is -3.55. The van der Waals surface area contributed by atoms with Crippen molar-refractivity contribution in [3.05, 3.63) is 93.0 Å². The Labute approximate surface area is 286 Å². The van der Waals surface area contributed by atoms with Crippen molar-refractivity contribution in [2.75, 3.05) is 24.9 Å². The predicted octanol–water partition coefficient (Wildman–Crippen LogP) is 2.57. The predicted molar refractivity (Wildman–Crippen MR) is 172 cm³/mol. The van der Waals surface area contributed by atoms with Gasteiger partial charge in [-0.2, -0.15) is 25.3 Å². The van der Waals surface area contributed by atoms with E-state index in [1.807, 2.05) is 0 Å². The van der Waals surface area contributed by atoms with E-state index in [1.165, 1.54) is 0 Å². The molecule has 0 heterocycles. The van der Waals surface area contributed by atoms with Gasteiger partial charge in [-0.05, 0) is 48.5 Å². The maximum Gasteiger partial charge on any atom is 0.338 e. The number of esters is 1. The molecule has 0 aliphatic carbocycles. The van der Waals surface area contributed by atoms with Crippen LogP contribution in [0.25, 0.3) is 10.8 Å². The zero-order valence-corrected chi connectivity index (χ0v) is 28.0. The van der Waals surface area contributed by atoms with Crippen molar-refractivity contribution in [1.82, 2.24) is 0 Å². The van der Waals surface area contributed by atoms with Crippen molar-refractivity contribution in [1.29, 1.82) is 0 Å². The molecule has 0 spiro atoms. The van der Waals surface area contributed by atoms with Crippen LogP contribution in [0.3, 0.4) is 0 Å². The van der Waals surface area contributed by atoms with Gasteiger partial charge in [0, 0.05) is 39.7 Å². The van der Waals surface area contributed by atoms with Gasteiger partial charge in [-0.1, -0.05) is 0 Å². The van der Waals surface area contributed by atoms with Crippen LogP contribution in [0.4, 0.5) is 17.1 Å². The molecule has 0 unspecified atom stereocenters. The van der Waals surface area contributed by atoms with E-state index in [0.717, 1.165) is 49.6 Å². The number of nitro benzene ring substituents is 1. The number of carboxylic acid groups (broad SMARTS) is 1. The van der Waals surface area contributed by atoms with Crippen molar-refractivity contribution in [3.63, 3.8) is 0 Å². The number of nitrogens with one attached hydrogen (secondary N) is 2. The van der Waals surface area contributed by atoms with Gasteiger partial charge in [0.25, 0.3) is 47.9 Å². The average molecular weight is 768 g/mol. The lowest BCUT2D eigenvalue weighted by Crippen LogP contribution is -2.17. The molecule has 0 saturated carbocycles. The van der Waals surface area contributed by atoms with Crippen molar-refractivity contribution >= 4 is 81.9 Å². The second-order valence-electron chi connectivity index (χ2n) is 10.1. The largest absolute Gasteiger partial charge is 0.478 e. The molecule has 0 aliphatic rings. The maximum atomic E-state index is 13.5. The maximum absolute atomic E-state index is 13.5. The summed E-state index contributed by atoms with van der Waals surface area (Å²) in [5.74, 6) is -4.96. The van der Waals surface area contributed by atoms with Crippen LogP contribution in [0.1, 0.15) is 41.4 Å². The molecule has 268 valence electrons. The lowest BCUT2D eigenvalue weighted by atomic mass is 10.1. The highest BCUT2D eigenvalue weighted by molar-refractivity contribution is 7.87. The Hall–Kier alpha value is -5.85. The number of methoxy groups -OCH3 is 1. The average Bonchev–Trinajstić information content (AvgIpc) is 3.05. The van der Waals surface area contributed by atoms with E-state index >= 15 is 0 Å². The van der Waals surface area contributed by atoms with E-state index in [1.54, 1.807) is 0 Å². The molecule has 4 aromatic carbocycles. The highest BCUT2D eigenvalue weighted by Gasteiger charge is 2.29. The number of rotatable bonds is 11. The van der Waals surface area contributed by atoms with Gasteiger partial charge in [-0.25, -0.2) is 9.59 Å². The van der Waals surface area contributed by atoms with Gasteiger partial charge in [-0.15, -0.1) is 0 Å². The summed E-state index contributed by atoms with van der Waals surface area (Å²) in [4.78, 5) is 57.7. The molecule has 0 fully saturated rings. The fourth-order valence-corrected chi connectivity index (χ4v) is 6.80. The molecule has 0 atom stereocenters. The molecular formula is C28H21N3O17S3. The molecule has 0 bridgehead atoms. The van der Waals surface area contributed by atoms with E-state index in [4.69, 9.17) is 0 Å². The Morgan fingerprint density at radius 3 is 1.84 bits per heavy atom. The Kier molecular flexibility index (Phi) is 10.3. The first-order valence-electron chi connectivity index (χ1n) is 13.3. The minimum atomic E-state index is -5.22. The highest BCUT2D eigenvalue weighted by atomic mass is 32.2. The van der Waals surface area contributed by atoms with Crippen LogP contribution in [0, 0.1) is 10.1 Å². The molecule has 51 heavy (non-hydrogen) atoms. The summed E-state index contributed by atoms with van der Waals surface area (Å²) >= 11 is 0. The zero-order chi connectivity index (χ0) is 38.2. The van der Waals surface area contributed by atoms with E-state index in [0.29, 0.717) is 25.3 Å². The summed E-state index contributed by atoms with van der Waals surface area (Å²) in [6.45, 7) is 0. The van der Waals surface area contributed by atoms with E-state index in [2.05, 4.69) is 19.6 Å². The van der Waals surface area contributed by atoms with Gasteiger partial charge < -0.3 is 20.5 Å². The topological polar surface area (TPSA) is 317 Å². The van der Waals surface area contributed by atoms with Crippen LogP contribution in [0.2, 0.25) is 0 Å². The summed E-state index contributed by atoms with van der Waals surface area (Å²) < 4.78 is 102. The fraction of sp³-hybridized carbons (Fsp3) is 0.0714. The minimum Gasteiger partial charge on any atom is -0.478 e. The van der Waals surface area contributed by atoms with E-state index < -0.39 is 113 Å². The number of carboxylic acids is 1. The Balaban J connectivity index is 1.87. The van der Waals surface area contributed by atoms with E-state index in [9.17, 15) is 68.8 Å². The lowest BCUT2D eigenvalue weighted by molar-refractivity contribution is -0.384. The summed E-state index contributed by atoms with van der Waals surface area (Å²) in [6, 6.07) is 7.57. The molecule has 4 rings (SSSR count). The standard InChI is InChI=1S/C28H21N3O17S3/c1-47-28(36)16-6-14(9-18(10-16)31(37)38)25(32)29-17-7-13(5-15(8-17)27(34)35)26(33)30-21-3-4-22(50(42,43)44)20-11-19(49(39,40)41)12-23(24(20)21)51(45,46)48-2/h3-12H,1-2H3,(H,29,32)(H,30,33)(H,34,35)(H,39,40,41)(H,42,43,44). The molecule has 5 N–H and O–H groups in total. The normalized spacial score (nSPS) is 11.8. The molecule has 4 aromatic rings. The number of ether oxygens (including phenoxy) is 1. The van der Waals surface area contributed by atoms with Crippen LogP contribution < -0.4 is 10.6 Å². The van der Waals surface area contributed by atoms with Gasteiger partial charge in [-0.3, -0.25) is 33.0 Å². The Bertz CT molecular complexity index is 2530. The summed E-state index contributed by atoms with van der Waals surface area (Å²) in [6.07, 6.45) is 0. The molecular weight excluding hydrogens is 747 g/mol. The number of nitrogens with zero attached hydrogens (tertiary/aromatic N) is 1. The molecule has 0 radical (unpaired) electrons. The smallest absolute Gasteiger partial charge is 0.338 e. The third-order valence-corrected chi connectivity index (χ3v) is 9.88. The van der Waals surface area contributed by atoms with Crippen LogP contribution in [-0.2, 0) is 39.3 Å². The van der Waals surface area contributed by atoms with Crippen LogP contribution >= 0.6 is 0 Å². The number of carbonyl (C=O) groups excluding carboxylic acids is 3. The monoisotopic (exact) mass is 767 g/mol. The quantitative estimate of drug-likeness (QED) is 0.0481. The van der Waals surface area contributed by atoms with Crippen molar-refractivity contribution < 1.29 is 72.5 Å². The molecule has 20 nitrogen and oxygen atoms in total. The van der Waals surface area contributed by atoms with Gasteiger partial charge >= 0.3 is 11.9 Å². The second kappa shape index (κ2) is 13.8. The molecule has 2 amide bonds. The SMILES string of the molecule is COC(=O)c1cc(C(=O)Nc2cc(C(=O)O)cc(C(=O)Nc3ccc(S(=O)(=O)O)c4cc(S(=O)(=O)O)cc(S(=O)(=O)OC)c34)c2)cc([N+](=O)[O-])c1. The third kappa shape index (κ3) is 8.14. The number of carbonyl (C=O) groups is 4. The third-order valence-electron chi connectivity index (χ3n) is 6.84. The fourth-order valence-electron chi connectivity index (χ4n) is 4.59. The first-order chi connectivity index (χ1) is 23.6. The molecule has 0 aliphatic heterocycles. The van der Waals surface area contributed by atoms with Crippen LogP contribution in [0.15, 0.2) is 75.4 Å². The number of hydrogen-bond acceptors (Lipinski definition) is 14. The second-order valence-corrected chi connectivity index (χ2v) is 14.5. The van der Waals surface area contributed by atoms with E-state index in [-0.39, 0.29) is 11.3 Å². The van der Waals surface area contributed by atoms with Crippen molar-refractivity contribution in [2.24, 2.45) is 0 Å². The van der Waals surface area contributed by atoms with Gasteiger partial charge in [0.2, 0.25) is 0 Å².